The molecule has 0 fully saturated rings. The summed E-state index contributed by atoms with van der Waals surface area (Å²) >= 11 is 0. The minimum absolute atomic E-state index is 0.165. The second-order valence-corrected chi connectivity index (χ2v) is 3.19. The number of likely N-dealkylation sites (N-methyl/N-ethyl adjacent to an activating group) is 1. The van der Waals surface area contributed by atoms with Crippen molar-refractivity contribution in [1.82, 2.24) is 15.0 Å². The van der Waals surface area contributed by atoms with Crippen molar-refractivity contribution in [3.8, 4) is 0 Å². The van der Waals surface area contributed by atoms with Crippen LogP contribution in [0.15, 0.2) is 4.52 Å². The number of hydrogen-bond acceptors (Lipinski definition) is 6. The van der Waals surface area contributed by atoms with Gasteiger partial charge in [0.05, 0.1) is 0 Å². The highest BCUT2D eigenvalue weighted by atomic mass is 16.6. The molecule has 6 heteroatoms. The maximum Gasteiger partial charge on any atom is 0.254 e. The van der Waals surface area contributed by atoms with E-state index in [0.717, 1.165) is 26.1 Å². The first kappa shape index (κ1) is 12.1. The molecule has 0 aliphatic rings. The van der Waals surface area contributed by atoms with Gasteiger partial charge in [0.2, 0.25) is 0 Å². The molecule has 1 aromatic heterocycles. The Morgan fingerprint density at radius 3 is 2.73 bits per heavy atom. The highest BCUT2D eigenvalue weighted by molar-refractivity contribution is 4.85. The second kappa shape index (κ2) is 6.49. The van der Waals surface area contributed by atoms with Crippen molar-refractivity contribution in [1.29, 1.82) is 0 Å². The summed E-state index contributed by atoms with van der Waals surface area (Å²) < 4.78 is 4.92. The van der Waals surface area contributed by atoms with Crippen molar-refractivity contribution >= 4 is 0 Å². The Morgan fingerprint density at radius 1 is 1.40 bits per heavy atom. The minimum Gasteiger partial charge on any atom is -0.337 e. The summed E-state index contributed by atoms with van der Waals surface area (Å²) in [7, 11) is 0. The van der Waals surface area contributed by atoms with Gasteiger partial charge in [0.15, 0.2) is 5.82 Å². The molecule has 0 amide bonds. The smallest absolute Gasteiger partial charge is 0.254 e. The number of aromatic nitrogens is 2. The molecule has 15 heavy (non-hydrogen) atoms. The van der Waals surface area contributed by atoms with Crippen molar-refractivity contribution in [2.45, 2.75) is 26.9 Å². The molecule has 0 saturated carbocycles. The van der Waals surface area contributed by atoms with Gasteiger partial charge in [-0.3, -0.25) is 4.84 Å². The molecule has 0 aromatic carbocycles. The Hall–Kier alpha value is -0.980. The molecule has 0 radical (unpaired) electrons. The zero-order valence-electron chi connectivity index (χ0n) is 9.27. The molecule has 1 heterocycles. The summed E-state index contributed by atoms with van der Waals surface area (Å²) in [5.41, 5.74) is 0. The molecule has 0 spiro atoms. The maximum absolute atomic E-state index is 4.92. The summed E-state index contributed by atoms with van der Waals surface area (Å²) in [5, 5.41) is 3.83. The topological polar surface area (TPSA) is 77.4 Å². The fourth-order valence-corrected chi connectivity index (χ4v) is 1.32. The predicted octanol–water partition coefficient (Wildman–Crippen LogP) is 0.344. The Labute approximate surface area is 89.3 Å². The summed E-state index contributed by atoms with van der Waals surface area (Å²) in [6.45, 7) is 7.44. The number of nitrogens with two attached hydrogens (primary N) is 1. The third kappa shape index (κ3) is 3.94. The standard InChI is InChI=1S/C9H18N4O2/c1-3-13(4-2)6-5-8-11-9(7-14-10)15-12-8/h3-7,10H2,1-2H3. The summed E-state index contributed by atoms with van der Waals surface area (Å²) in [4.78, 5) is 10.8. The molecular weight excluding hydrogens is 196 g/mol. The van der Waals surface area contributed by atoms with E-state index < -0.39 is 0 Å². The lowest BCUT2D eigenvalue weighted by Crippen LogP contribution is -2.25. The van der Waals surface area contributed by atoms with Gasteiger partial charge in [-0.25, -0.2) is 5.90 Å². The van der Waals surface area contributed by atoms with Gasteiger partial charge in [0.25, 0.3) is 5.89 Å². The fraction of sp³-hybridized carbons (Fsp3) is 0.778. The van der Waals surface area contributed by atoms with E-state index in [0.29, 0.717) is 11.7 Å². The lowest BCUT2D eigenvalue weighted by molar-refractivity contribution is 0.0995. The van der Waals surface area contributed by atoms with Crippen LogP contribution in [0.1, 0.15) is 25.6 Å². The average molecular weight is 214 g/mol. The van der Waals surface area contributed by atoms with Gasteiger partial charge in [0, 0.05) is 13.0 Å². The number of hydrogen-bond donors (Lipinski definition) is 1. The fourth-order valence-electron chi connectivity index (χ4n) is 1.32. The Bertz CT molecular complexity index is 273. The SMILES string of the molecule is CCN(CC)CCc1noc(CON)n1. The molecule has 86 valence electrons. The largest absolute Gasteiger partial charge is 0.337 e. The van der Waals surface area contributed by atoms with Crippen molar-refractivity contribution < 1.29 is 9.36 Å². The average Bonchev–Trinajstić information content (AvgIpc) is 2.68. The van der Waals surface area contributed by atoms with E-state index in [9.17, 15) is 0 Å². The molecule has 0 bridgehead atoms. The van der Waals surface area contributed by atoms with Crippen LogP contribution in [0.25, 0.3) is 0 Å². The van der Waals surface area contributed by atoms with Gasteiger partial charge in [0.1, 0.15) is 6.61 Å². The Kier molecular flexibility index (Phi) is 5.23. The number of rotatable bonds is 7. The normalized spacial score (nSPS) is 11.2. The quantitative estimate of drug-likeness (QED) is 0.660. The van der Waals surface area contributed by atoms with Crippen molar-refractivity contribution in [2.24, 2.45) is 5.90 Å². The molecule has 0 aliphatic heterocycles. The predicted molar refractivity (Wildman–Crippen MR) is 54.8 cm³/mol. The lowest BCUT2D eigenvalue weighted by atomic mass is 10.3. The van der Waals surface area contributed by atoms with Crippen LogP contribution < -0.4 is 5.90 Å². The minimum atomic E-state index is 0.165. The monoisotopic (exact) mass is 214 g/mol. The molecule has 1 rings (SSSR count). The van der Waals surface area contributed by atoms with Gasteiger partial charge in [-0.2, -0.15) is 4.98 Å². The van der Waals surface area contributed by atoms with Gasteiger partial charge in [-0.1, -0.05) is 19.0 Å². The van der Waals surface area contributed by atoms with Crippen LogP contribution in [0, 0.1) is 0 Å². The first-order valence-corrected chi connectivity index (χ1v) is 5.15. The van der Waals surface area contributed by atoms with Crippen molar-refractivity contribution in [3.63, 3.8) is 0 Å². The third-order valence-electron chi connectivity index (χ3n) is 2.26. The van der Waals surface area contributed by atoms with E-state index in [1.54, 1.807) is 0 Å². The van der Waals surface area contributed by atoms with Crippen LogP contribution >= 0.6 is 0 Å². The summed E-state index contributed by atoms with van der Waals surface area (Å²) in [6.07, 6.45) is 0.787. The lowest BCUT2D eigenvalue weighted by Gasteiger charge is -2.16. The van der Waals surface area contributed by atoms with E-state index in [-0.39, 0.29) is 6.61 Å². The highest BCUT2D eigenvalue weighted by Gasteiger charge is 2.07. The molecule has 0 unspecified atom stereocenters. The zero-order valence-corrected chi connectivity index (χ0v) is 9.27. The van der Waals surface area contributed by atoms with Crippen molar-refractivity contribution in [2.75, 3.05) is 19.6 Å². The number of nitrogens with zero attached hydrogens (tertiary/aromatic N) is 3. The molecule has 0 atom stereocenters. The van der Waals surface area contributed by atoms with E-state index in [4.69, 9.17) is 10.4 Å². The van der Waals surface area contributed by atoms with E-state index in [1.807, 2.05) is 0 Å². The summed E-state index contributed by atoms with van der Waals surface area (Å²) in [5.74, 6) is 6.02. The second-order valence-electron chi connectivity index (χ2n) is 3.19. The Balaban J connectivity index is 2.36. The van der Waals surface area contributed by atoms with Crippen LogP contribution in [0.3, 0.4) is 0 Å². The van der Waals surface area contributed by atoms with Crippen LogP contribution in [0.2, 0.25) is 0 Å². The van der Waals surface area contributed by atoms with Gasteiger partial charge in [-0.15, -0.1) is 0 Å². The molecule has 2 N–H and O–H groups in total. The highest BCUT2D eigenvalue weighted by Crippen LogP contribution is 2.00. The molecular formula is C9H18N4O2. The van der Waals surface area contributed by atoms with E-state index in [1.165, 1.54) is 0 Å². The van der Waals surface area contributed by atoms with Gasteiger partial charge >= 0.3 is 0 Å². The van der Waals surface area contributed by atoms with Crippen LogP contribution in [0.5, 0.6) is 0 Å². The third-order valence-corrected chi connectivity index (χ3v) is 2.26. The van der Waals surface area contributed by atoms with Gasteiger partial charge in [-0.05, 0) is 13.1 Å². The summed E-state index contributed by atoms with van der Waals surface area (Å²) in [6, 6.07) is 0. The first-order valence-electron chi connectivity index (χ1n) is 5.15. The van der Waals surface area contributed by atoms with E-state index in [2.05, 4.69) is 33.7 Å². The molecule has 1 aromatic rings. The molecule has 0 saturated heterocycles. The Morgan fingerprint density at radius 2 is 2.13 bits per heavy atom. The first-order chi connectivity index (χ1) is 7.30. The molecule has 6 nitrogen and oxygen atoms in total. The van der Waals surface area contributed by atoms with Crippen LogP contribution in [0.4, 0.5) is 0 Å². The van der Waals surface area contributed by atoms with Crippen LogP contribution in [-0.4, -0.2) is 34.7 Å². The zero-order chi connectivity index (χ0) is 11.1. The maximum atomic E-state index is 4.92. The van der Waals surface area contributed by atoms with Crippen molar-refractivity contribution in [3.05, 3.63) is 11.7 Å². The van der Waals surface area contributed by atoms with Crippen LogP contribution in [-0.2, 0) is 17.9 Å². The van der Waals surface area contributed by atoms with E-state index >= 15 is 0 Å². The van der Waals surface area contributed by atoms with Gasteiger partial charge < -0.3 is 9.42 Å². The molecule has 0 aliphatic carbocycles.